The third-order valence-corrected chi connectivity index (χ3v) is 5.87. The third kappa shape index (κ3) is 6.11. The highest BCUT2D eigenvalue weighted by molar-refractivity contribution is 5.62. The fourth-order valence-corrected chi connectivity index (χ4v) is 4.17. The van der Waals surface area contributed by atoms with Crippen LogP contribution >= 0.6 is 0 Å². The first-order valence-corrected chi connectivity index (χ1v) is 11.2. The first kappa shape index (κ1) is 21.9. The standard InChI is InChI=1S/C27H30N2O3/c30-27(31)29(21-25-16-15-24-13-7-8-14-26(24)32-25)18-17-28(19-22-9-3-1-4-10-22)20-23-11-5-2-6-12-23/h1-14,25H,15-21H2,(H,30,31)/p-1. The molecule has 0 bridgehead atoms. The second-order valence-corrected chi connectivity index (χ2v) is 8.28. The van der Waals surface area contributed by atoms with E-state index >= 15 is 0 Å². The van der Waals surface area contributed by atoms with Gasteiger partial charge < -0.3 is 19.5 Å². The van der Waals surface area contributed by atoms with Crippen LogP contribution in [0.4, 0.5) is 4.79 Å². The molecule has 1 amide bonds. The van der Waals surface area contributed by atoms with Crippen molar-refractivity contribution in [2.24, 2.45) is 0 Å². The van der Waals surface area contributed by atoms with Crippen LogP contribution < -0.4 is 9.84 Å². The first-order chi connectivity index (χ1) is 15.7. The number of aryl methyl sites for hydroxylation is 1. The number of benzene rings is 3. The van der Waals surface area contributed by atoms with Gasteiger partial charge in [-0.25, -0.2) is 0 Å². The van der Waals surface area contributed by atoms with E-state index in [0.717, 1.165) is 31.7 Å². The van der Waals surface area contributed by atoms with Crippen LogP contribution in [0.1, 0.15) is 23.1 Å². The summed E-state index contributed by atoms with van der Waals surface area (Å²) in [4.78, 5) is 15.6. The Morgan fingerprint density at radius 1 is 0.844 bits per heavy atom. The fraction of sp³-hybridized carbons (Fsp3) is 0.296. The molecule has 3 aromatic rings. The molecule has 0 fully saturated rings. The van der Waals surface area contributed by atoms with Crippen LogP contribution in [0.15, 0.2) is 84.9 Å². The summed E-state index contributed by atoms with van der Waals surface area (Å²) >= 11 is 0. The highest BCUT2D eigenvalue weighted by atomic mass is 16.5. The van der Waals surface area contributed by atoms with Crippen molar-refractivity contribution in [2.75, 3.05) is 19.6 Å². The largest absolute Gasteiger partial charge is 0.530 e. The maximum Gasteiger partial charge on any atom is 0.137 e. The van der Waals surface area contributed by atoms with Gasteiger partial charge in [-0.15, -0.1) is 0 Å². The van der Waals surface area contributed by atoms with Crippen molar-refractivity contribution in [3.8, 4) is 5.75 Å². The van der Waals surface area contributed by atoms with Gasteiger partial charge in [0.2, 0.25) is 0 Å². The summed E-state index contributed by atoms with van der Waals surface area (Å²) in [6.07, 6.45) is 0.403. The molecule has 0 N–H and O–H groups in total. The summed E-state index contributed by atoms with van der Waals surface area (Å²) in [6, 6.07) is 28.5. The van der Waals surface area contributed by atoms with E-state index < -0.39 is 6.09 Å². The number of hydrogen-bond donors (Lipinski definition) is 0. The molecule has 4 rings (SSSR count). The van der Waals surface area contributed by atoms with E-state index in [1.807, 2.05) is 54.6 Å². The number of carboxylic acid groups (broad SMARTS) is 1. The molecule has 0 radical (unpaired) electrons. The van der Waals surface area contributed by atoms with Gasteiger partial charge in [-0.3, -0.25) is 4.90 Å². The number of carbonyl (C=O) groups is 1. The van der Waals surface area contributed by atoms with Crippen molar-refractivity contribution in [1.29, 1.82) is 0 Å². The number of nitrogens with zero attached hydrogens (tertiary/aromatic N) is 2. The SMILES string of the molecule is O=C([O-])N(CCN(Cc1ccccc1)Cc1ccccc1)CC1CCc2ccccc2O1. The van der Waals surface area contributed by atoms with Crippen molar-refractivity contribution >= 4 is 6.09 Å². The Kier molecular flexibility index (Phi) is 7.41. The number of hydrogen-bond acceptors (Lipinski definition) is 4. The molecule has 32 heavy (non-hydrogen) atoms. The number of rotatable bonds is 9. The molecular formula is C27H29N2O3-. The molecule has 0 saturated heterocycles. The Morgan fingerprint density at radius 2 is 1.44 bits per heavy atom. The molecule has 5 heteroatoms. The molecule has 0 aromatic heterocycles. The predicted octanol–water partition coefficient (Wildman–Crippen LogP) is 3.73. The molecule has 1 aliphatic heterocycles. The van der Waals surface area contributed by atoms with Crippen molar-refractivity contribution < 1.29 is 14.6 Å². The van der Waals surface area contributed by atoms with Gasteiger partial charge in [0, 0.05) is 26.2 Å². The quantitative estimate of drug-likeness (QED) is 0.520. The lowest BCUT2D eigenvalue weighted by Crippen LogP contribution is -2.49. The summed E-state index contributed by atoms with van der Waals surface area (Å²) in [5, 5.41) is 11.9. The molecular weight excluding hydrogens is 400 g/mol. The van der Waals surface area contributed by atoms with E-state index in [9.17, 15) is 9.90 Å². The molecule has 1 atom stereocenters. The average Bonchev–Trinajstić information content (AvgIpc) is 2.82. The molecule has 1 unspecified atom stereocenters. The Bertz CT molecular complexity index is 953. The summed E-state index contributed by atoms with van der Waals surface area (Å²) in [6.45, 7) is 2.82. The smallest absolute Gasteiger partial charge is 0.137 e. The molecule has 0 spiro atoms. The van der Waals surface area contributed by atoms with Gasteiger partial charge in [0.25, 0.3) is 0 Å². The van der Waals surface area contributed by atoms with Crippen molar-refractivity contribution in [3.05, 3.63) is 102 Å². The van der Waals surface area contributed by atoms with Crippen LogP contribution in [0.5, 0.6) is 5.75 Å². The van der Waals surface area contributed by atoms with E-state index in [1.54, 1.807) is 0 Å². The number of fused-ring (bicyclic) bond motifs is 1. The lowest BCUT2D eigenvalue weighted by atomic mass is 10.0. The van der Waals surface area contributed by atoms with Crippen molar-refractivity contribution in [3.63, 3.8) is 0 Å². The Labute approximate surface area is 189 Å². The van der Waals surface area contributed by atoms with Crippen molar-refractivity contribution in [1.82, 2.24) is 9.80 Å². The Hall–Kier alpha value is -3.31. The van der Waals surface area contributed by atoms with E-state index in [0.29, 0.717) is 19.6 Å². The minimum absolute atomic E-state index is 0.153. The van der Waals surface area contributed by atoms with Crippen LogP contribution in [-0.4, -0.2) is 41.6 Å². The molecule has 0 saturated carbocycles. The second kappa shape index (κ2) is 10.8. The third-order valence-electron chi connectivity index (χ3n) is 5.87. The number of amides is 1. The lowest BCUT2D eigenvalue weighted by Gasteiger charge is -2.34. The van der Waals surface area contributed by atoms with E-state index in [-0.39, 0.29) is 6.10 Å². The van der Waals surface area contributed by atoms with Crippen LogP contribution in [-0.2, 0) is 19.5 Å². The van der Waals surface area contributed by atoms with Gasteiger partial charge in [0.1, 0.15) is 17.9 Å². The lowest BCUT2D eigenvalue weighted by molar-refractivity contribution is -0.266. The van der Waals surface area contributed by atoms with Gasteiger partial charge in [-0.2, -0.15) is 0 Å². The number of para-hydroxylation sites is 1. The Balaban J connectivity index is 1.39. The van der Waals surface area contributed by atoms with E-state index in [2.05, 4.69) is 35.2 Å². The minimum Gasteiger partial charge on any atom is -0.530 e. The second-order valence-electron chi connectivity index (χ2n) is 8.28. The fourth-order valence-electron chi connectivity index (χ4n) is 4.17. The maximum atomic E-state index is 11.9. The zero-order valence-corrected chi connectivity index (χ0v) is 18.2. The topological polar surface area (TPSA) is 55.8 Å². The molecule has 3 aromatic carbocycles. The van der Waals surface area contributed by atoms with Crippen LogP contribution in [0.3, 0.4) is 0 Å². The molecule has 1 aliphatic rings. The first-order valence-electron chi connectivity index (χ1n) is 11.2. The molecule has 5 nitrogen and oxygen atoms in total. The van der Waals surface area contributed by atoms with Crippen molar-refractivity contribution in [2.45, 2.75) is 32.0 Å². The number of carbonyl (C=O) groups excluding carboxylic acids is 1. The summed E-state index contributed by atoms with van der Waals surface area (Å²) in [5.41, 5.74) is 3.59. The maximum absolute atomic E-state index is 11.9. The Morgan fingerprint density at radius 3 is 2.06 bits per heavy atom. The zero-order valence-electron chi connectivity index (χ0n) is 18.2. The van der Waals surface area contributed by atoms with Gasteiger partial charge in [0.05, 0.1) is 6.54 Å². The zero-order chi connectivity index (χ0) is 22.2. The monoisotopic (exact) mass is 429 g/mol. The minimum atomic E-state index is -1.15. The predicted molar refractivity (Wildman–Crippen MR) is 123 cm³/mol. The van der Waals surface area contributed by atoms with Crippen LogP contribution in [0, 0.1) is 0 Å². The molecule has 1 heterocycles. The van der Waals surface area contributed by atoms with Crippen LogP contribution in [0.2, 0.25) is 0 Å². The molecule has 0 aliphatic carbocycles. The normalized spacial score (nSPS) is 15.1. The van der Waals surface area contributed by atoms with E-state index in [4.69, 9.17) is 4.74 Å². The molecule has 166 valence electrons. The highest BCUT2D eigenvalue weighted by Crippen LogP contribution is 2.27. The van der Waals surface area contributed by atoms with Gasteiger partial charge in [-0.1, -0.05) is 78.9 Å². The van der Waals surface area contributed by atoms with Crippen LogP contribution in [0.25, 0.3) is 0 Å². The van der Waals surface area contributed by atoms with E-state index in [1.165, 1.54) is 21.6 Å². The van der Waals surface area contributed by atoms with Gasteiger partial charge in [-0.05, 0) is 35.6 Å². The number of ether oxygens (including phenoxy) is 1. The summed E-state index contributed by atoms with van der Waals surface area (Å²) in [5.74, 6) is 0.858. The van der Waals surface area contributed by atoms with Gasteiger partial charge in [0.15, 0.2) is 0 Å². The summed E-state index contributed by atoms with van der Waals surface area (Å²) in [7, 11) is 0. The highest BCUT2D eigenvalue weighted by Gasteiger charge is 2.22. The summed E-state index contributed by atoms with van der Waals surface area (Å²) < 4.78 is 6.06. The average molecular weight is 430 g/mol. The van der Waals surface area contributed by atoms with Gasteiger partial charge >= 0.3 is 0 Å².